The summed E-state index contributed by atoms with van der Waals surface area (Å²) in [6, 6.07) is 13.4. The number of rotatable bonds is 6. The van der Waals surface area contributed by atoms with E-state index >= 15 is 0 Å². The summed E-state index contributed by atoms with van der Waals surface area (Å²) in [6.45, 7) is 0.626. The molecule has 0 heterocycles. The number of anilines is 1. The van der Waals surface area contributed by atoms with Crippen LogP contribution >= 0.6 is 47.8 Å². The molecular formula is C15H14Br3NO2. The smallest absolute Gasteiger partial charge is 0.120 e. The Morgan fingerprint density at radius 1 is 1.05 bits per heavy atom. The van der Waals surface area contributed by atoms with Crippen molar-refractivity contribution in [1.29, 1.82) is 0 Å². The standard InChI is InChI=1S/C15H14Br3NO2/c16-10-3-1-4-12(7-10)21-9-11(20)8-19-15-13(17)5-2-6-14(15)18/h1-7,11,19-20H,8-9H2. The third-order valence-electron chi connectivity index (χ3n) is 2.72. The van der Waals surface area contributed by atoms with E-state index < -0.39 is 6.10 Å². The molecule has 0 aliphatic rings. The van der Waals surface area contributed by atoms with E-state index in [9.17, 15) is 5.11 Å². The number of hydrogen-bond donors (Lipinski definition) is 2. The minimum absolute atomic E-state index is 0.228. The fourth-order valence-electron chi connectivity index (χ4n) is 1.69. The van der Waals surface area contributed by atoms with Gasteiger partial charge in [-0.05, 0) is 62.2 Å². The van der Waals surface area contributed by atoms with Gasteiger partial charge in [0.05, 0.1) is 5.69 Å². The molecule has 0 radical (unpaired) electrons. The summed E-state index contributed by atoms with van der Waals surface area (Å²) in [5.74, 6) is 0.727. The molecule has 21 heavy (non-hydrogen) atoms. The van der Waals surface area contributed by atoms with E-state index in [2.05, 4.69) is 53.1 Å². The Labute approximate surface area is 149 Å². The predicted molar refractivity (Wildman–Crippen MR) is 96.0 cm³/mol. The Hall–Kier alpha value is -0.560. The second-order valence-corrected chi connectivity index (χ2v) is 7.02. The third kappa shape index (κ3) is 5.29. The van der Waals surface area contributed by atoms with Gasteiger partial charge in [0.15, 0.2) is 0 Å². The Morgan fingerprint density at radius 2 is 1.71 bits per heavy atom. The molecular weight excluding hydrogens is 466 g/mol. The summed E-state index contributed by atoms with van der Waals surface area (Å²) >= 11 is 10.3. The van der Waals surface area contributed by atoms with Gasteiger partial charge in [0.1, 0.15) is 18.5 Å². The molecule has 2 aromatic rings. The van der Waals surface area contributed by atoms with E-state index in [4.69, 9.17) is 4.74 Å². The molecule has 0 aliphatic heterocycles. The van der Waals surface area contributed by atoms with Gasteiger partial charge in [-0.15, -0.1) is 0 Å². The molecule has 0 aliphatic carbocycles. The normalized spacial score (nSPS) is 12.0. The zero-order chi connectivity index (χ0) is 15.2. The molecule has 0 saturated carbocycles. The van der Waals surface area contributed by atoms with Crippen molar-refractivity contribution >= 4 is 53.5 Å². The summed E-state index contributed by atoms with van der Waals surface area (Å²) in [4.78, 5) is 0. The zero-order valence-electron chi connectivity index (χ0n) is 11.0. The summed E-state index contributed by atoms with van der Waals surface area (Å²) in [5, 5.41) is 13.2. The SMILES string of the molecule is OC(CNc1c(Br)cccc1Br)COc1cccc(Br)c1. The second-order valence-electron chi connectivity index (χ2n) is 4.40. The summed E-state index contributed by atoms with van der Waals surface area (Å²) in [5.41, 5.74) is 0.916. The van der Waals surface area contributed by atoms with Gasteiger partial charge in [-0.2, -0.15) is 0 Å². The lowest BCUT2D eigenvalue weighted by Gasteiger charge is -2.16. The molecule has 0 amide bonds. The Morgan fingerprint density at radius 3 is 2.38 bits per heavy atom. The number of benzene rings is 2. The van der Waals surface area contributed by atoms with Crippen LogP contribution in [0.25, 0.3) is 0 Å². The number of para-hydroxylation sites is 1. The van der Waals surface area contributed by atoms with Gasteiger partial charge in [-0.25, -0.2) is 0 Å². The van der Waals surface area contributed by atoms with Gasteiger partial charge in [0.25, 0.3) is 0 Å². The Bertz CT molecular complexity index is 587. The van der Waals surface area contributed by atoms with Crippen LogP contribution in [0, 0.1) is 0 Å². The first-order chi connectivity index (χ1) is 10.1. The van der Waals surface area contributed by atoms with Crippen LogP contribution in [0.1, 0.15) is 0 Å². The number of hydrogen-bond acceptors (Lipinski definition) is 3. The molecule has 0 fully saturated rings. The van der Waals surface area contributed by atoms with E-state index in [0.717, 1.165) is 24.9 Å². The van der Waals surface area contributed by atoms with Crippen molar-refractivity contribution in [2.24, 2.45) is 0 Å². The molecule has 112 valence electrons. The van der Waals surface area contributed by atoms with Crippen LogP contribution in [-0.2, 0) is 0 Å². The molecule has 1 unspecified atom stereocenters. The molecule has 0 spiro atoms. The van der Waals surface area contributed by atoms with Crippen molar-refractivity contribution in [3.63, 3.8) is 0 Å². The number of ether oxygens (including phenoxy) is 1. The highest BCUT2D eigenvalue weighted by Crippen LogP contribution is 2.30. The number of aliphatic hydroxyl groups is 1. The van der Waals surface area contributed by atoms with Crippen LogP contribution in [0.4, 0.5) is 5.69 Å². The Balaban J connectivity index is 1.84. The average molecular weight is 480 g/mol. The fraction of sp³-hybridized carbons (Fsp3) is 0.200. The van der Waals surface area contributed by atoms with E-state index in [1.54, 1.807) is 0 Å². The minimum Gasteiger partial charge on any atom is -0.491 e. The van der Waals surface area contributed by atoms with Crippen molar-refractivity contribution in [1.82, 2.24) is 0 Å². The molecule has 2 N–H and O–H groups in total. The minimum atomic E-state index is -0.608. The number of aliphatic hydroxyl groups excluding tert-OH is 1. The maximum Gasteiger partial charge on any atom is 0.120 e. The number of halogens is 3. The van der Waals surface area contributed by atoms with Gasteiger partial charge >= 0.3 is 0 Å². The average Bonchev–Trinajstić information content (AvgIpc) is 2.45. The summed E-state index contributed by atoms with van der Waals surface area (Å²) in [6.07, 6.45) is -0.608. The maximum atomic E-state index is 9.99. The van der Waals surface area contributed by atoms with Gasteiger partial charge in [-0.1, -0.05) is 28.1 Å². The van der Waals surface area contributed by atoms with Crippen molar-refractivity contribution < 1.29 is 9.84 Å². The van der Waals surface area contributed by atoms with Gasteiger partial charge in [0, 0.05) is 20.0 Å². The van der Waals surface area contributed by atoms with Crippen LogP contribution in [0.5, 0.6) is 5.75 Å². The van der Waals surface area contributed by atoms with Crippen LogP contribution in [0.2, 0.25) is 0 Å². The molecule has 6 heteroatoms. The van der Waals surface area contributed by atoms with Gasteiger partial charge in [-0.3, -0.25) is 0 Å². The summed E-state index contributed by atoms with van der Waals surface area (Å²) < 4.78 is 8.39. The highest BCUT2D eigenvalue weighted by atomic mass is 79.9. The van der Waals surface area contributed by atoms with Gasteiger partial charge in [0.2, 0.25) is 0 Å². The first-order valence-electron chi connectivity index (χ1n) is 6.30. The highest BCUT2D eigenvalue weighted by Gasteiger charge is 2.09. The first-order valence-corrected chi connectivity index (χ1v) is 8.68. The van der Waals surface area contributed by atoms with E-state index in [1.807, 2.05) is 42.5 Å². The monoisotopic (exact) mass is 477 g/mol. The predicted octanol–water partition coefficient (Wildman–Crippen LogP) is 4.83. The topological polar surface area (TPSA) is 41.5 Å². The van der Waals surface area contributed by atoms with E-state index in [1.165, 1.54) is 0 Å². The van der Waals surface area contributed by atoms with Crippen LogP contribution in [-0.4, -0.2) is 24.4 Å². The molecule has 2 aromatic carbocycles. The molecule has 2 rings (SSSR count). The Kier molecular flexibility index (Phi) is 6.54. The number of nitrogens with one attached hydrogen (secondary N) is 1. The molecule has 0 saturated heterocycles. The fourth-order valence-corrected chi connectivity index (χ4v) is 3.35. The van der Waals surface area contributed by atoms with Crippen molar-refractivity contribution in [3.05, 3.63) is 55.9 Å². The zero-order valence-corrected chi connectivity index (χ0v) is 15.8. The van der Waals surface area contributed by atoms with Crippen molar-refractivity contribution in [2.75, 3.05) is 18.5 Å². The quantitative estimate of drug-likeness (QED) is 0.623. The molecule has 0 aromatic heterocycles. The lowest BCUT2D eigenvalue weighted by Crippen LogP contribution is -2.26. The van der Waals surface area contributed by atoms with Crippen LogP contribution in [0.3, 0.4) is 0 Å². The van der Waals surface area contributed by atoms with E-state index in [0.29, 0.717) is 6.54 Å². The van der Waals surface area contributed by atoms with E-state index in [-0.39, 0.29) is 6.61 Å². The first kappa shape index (κ1) is 16.8. The van der Waals surface area contributed by atoms with Crippen molar-refractivity contribution in [3.8, 4) is 5.75 Å². The lowest BCUT2D eigenvalue weighted by molar-refractivity contribution is 0.117. The van der Waals surface area contributed by atoms with Gasteiger partial charge < -0.3 is 15.2 Å². The highest BCUT2D eigenvalue weighted by molar-refractivity contribution is 9.11. The molecule has 3 nitrogen and oxygen atoms in total. The molecule has 0 bridgehead atoms. The second kappa shape index (κ2) is 8.17. The largest absolute Gasteiger partial charge is 0.491 e. The lowest BCUT2D eigenvalue weighted by atomic mass is 10.3. The maximum absolute atomic E-state index is 9.99. The molecule has 1 atom stereocenters. The summed E-state index contributed by atoms with van der Waals surface area (Å²) in [7, 11) is 0. The van der Waals surface area contributed by atoms with Crippen molar-refractivity contribution in [2.45, 2.75) is 6.10 Å². The van der Waals surface area contributed by atoms with Crippen LogP contribution < -0.4 is 10.1 Å². The van der Waals surface area contributed by atoms with Crippen LogP contribution in [0.15, 0.2) is 55.9 Å². The third-order valence-corrected chi connectivity index (χ3v) is 4.53.